The average molecular weight is 675 g/mol. The number of fused-ring (bicyclic) bond motifs is 1. The first-order valence-corrected chi connectivity index (χ1v) is 14.3. The Morgan fingerprint density at radius 2 is 1.34 bits per heavy atom. The molecule has 1 saturated heterocycles. The van der Waals surface area contributed by atoms with Crippen LogP contribution in [0, 0.1) is 5.92 Å². The Balaban J connectivity index is 2.18. The lowest BCUT2D eigenvalue weighted by Crippen LogP contribution is -2.65. The minimum atomic E-state index is -2.29. The van der Waals surface area contributed by atoms with Crippen LogP contribution in [0.15, 0.2) is 11.8 Å². The number of aliphatic hydroxyl groups is 1. The maximum absolute atomic E-state index is 12.8. The van der Waals surface area contributed by atoms with Gasteiger partial charge < -0.3 is 52.5 Å². The van der Waals surface area contributed by atoms with Gasteiger partial charge in [-0.05, 0) is 6.92 Å². The van der Waals surface area contributed by atoms with Gasteiger partial charge in [0.2, 0.25) is 12.6 Å². The molecule has 0 aromatic rings. The average Bonchev–Trinajstić information content (AvgIpc) is 3.14. The molecule has 47 heavy (non-hydrogen) atoms. The van der Waals surface area contributed by atoms with Gasteiger partial charge in [0, 0.05) is 48.0 Å². The maximum atomic E-state index is 12.8. The number of esters is 7. The zero-order valence-electron chi connectivity index (χ0n) is 27.0. The second kappa shape index (κ2) is 14.6. The van der Waals surface area contributed by atoms with E-state index < -0.39 is 121 Å². The van der Waals surface area contributed by atoms with E-state index in [4.69, 9.17) is 47.4 Å². The van der Waals surface area contributed by atoms with Crippen molar-refractivity contribution in [2.24, 2.45) is 5.92 Å². The summed E-state index contributed by atoms with van der Waals surface area (Å²) in [6.45, 7) is 7.09. The van der Waals surface area contributed by atoms with Crippen molar-refractivity contribution in [2.75, 3.05) is 13.7 Å². The van der Waals surface area contributed by atoms with Gasteiger partial charge in [0.1, 0.15) is 30.0 Å². The zero-order valence-corrected chi connectivity index (χ0v) is 27.0. The molecule has 10 atom stereocenters. The second-order valence-corrected chi connectivity index (χ2v) is 11.2. The van der Waals surface area contributed by atoms with E-state index in [1.54, 1.807) is 0 Å². The molecule has 0 aromatic carbocycles. The lowest BCUT2D eigenvalue weighted by atomic mass is 9.77. The van der Waals surface area contributed by atoms with Crippen LogP contribution in [-0.2, 0) is 80.9 Å². The van der Waals surface area contributed by atoms with Crippen LogP contribution in [-0.4, -0.2) is 115 Å². The van der Waals surface area contributed by atoms with Crippen molar-refractivity contribution in [2.45, 2.75) is 109 Å². The predicted octanol–water partition coefficient (Wildman–Crippen LogP) is -0.496. The number of carbonyl (C=O) groups excluding carboxylic acids is 7. The summed E-state index contributed by atoms with van der Waals surface area (Å²) in [4.78, 5) is 85.4. The van der Waals surface area contributed by atoms with Crippen LogP contribution < -0.4 is 0 Å². The zero-order chi connectivity index (χ0) is 35.4. The molecule has 1 N–H and O–H groups in total. The minimum absolute atomic E-state index is 0.431. The van der Waals surface area contributed by atoms with Gasteiger partial charge in [-0.1, -0.05) is 0 Å². The standard InChI is InChI=1S/C29H38O18/c1-12(30)39-11-19-21(42-14(3)32)22(43-15(4)33)23(44-16(5)34)26(45-19)46-27-24-28(7,47-17(6)35)20(41-13(2)31)9-29(24,37)18(10-40-27)25(36)38-8/h10,19-24,26-27,37H,9,11H2,1-8H3/t19-,20+,21-,22+,23-,24-,26+,27+,28+,29+/m1/s1. The maximum Gasteiger partial charge on any atom is 0.339 e. The van der Waals surface area contributed by atoms with Crippen LogP contribution in [0.2, 0.25) is 0 Å². The molecule has 0 radical (unpaired) electrons. The molecule has 1 saturated carbocycles. The van der Waals surface area contributed by atoms with Crippen LogP contribution in [0.5, 0.6) is 0 Å². The van der Waals surface area contributed by atoms with E-state index in [9.17, 15) is 38.7 Å². The summed E-state index contributed by atoms with van der Waals surface area (Å²) in [5, 5.41) is 12.1. The van der Waals surface area contributed by atoms with E-state index in [2.05, 4.69) is 0 Å². The number of methoxy groups -OCH3 is 1. The molecule has 2 aliphatic heterocycles. The highest BCUT2D eigenvalue weighted by Gasteiger charge is 2.71. The Morgan fingerprint density at radius 3 is 1.85 bits per heavy atom. The molecular weight excluding hydrogens is 636 g/mol. The molecule has 18 heteroatoms. The summed E-state index contributed by atoms with van der Waals surface area (Å²) in [6, 6.07) is 0. The summed E-state index contributed by atoms with van der Waals surface area (Å²) in [6.07, 6.45) is -10.8. The number of carbonyl (C=O) groups is 7. The monoisotopic (exact) mass is 674 g/mol. The normalized spacial score (nSPS) is 34.3. The van der Waals surface area contributed by atoms with E-state index in [1.807, 2.05) is 0 Å². The van der Waals surface area contributed by atoms with Crippen LogP contribution in [0.4, 0.5) is 0 Å². The fraction of sp³-hybridized carbons (Fsp3) is 0.690. The summed E-state index contributed by atoms with van der Waals surface area (Å²) in [5.41, 5.74) is -4.67. The first kappa shape index (κ1) is 37.2. The molecule has 0 spiro atoms. The third-order valence-electron chi connectivity index (χ3n) is 7.62. The highest BCUT2D eigenvalue weighted by Crippen LogP contribution is 2.55. The van der Waals surface area contributed by atoms with Gasteiger partial charge in [0.25, 0.3) is 0 Å². The van der Waals surface area contributed by atoms with Crippen molar-refractivity contribution < 1.29 is 86.0 Å². The fourth-order valence-corrected chi connectivity index (χ4v) is 6.05. The molecule has 1 aliphatic carbocycles. The van der Waals surface area contributed by atoms with Crippen molar-refractivity contribution in [3.8, 4) is 0 Å². The SMILES string of the molecule is COC(=O)C1=CO[C@@H](O[C@@H]2O[C@H](COC(C)=O)[C@@H](OC(C)=O)[C@H](OC(C)=O)[C@H]2OC(C)=O)[C@@H]2[C@@](C)(OC(C)=O)[C@@H](OC(C)=O)C[C@]12O. The second-order valence-electron chi connectivity index (χ2n) is 11.2. The number of rotatable bonds is 10. The van der Waals surface area contributed by atoms with Crippen molar-refractivity contribution in [1.82, 2.24) is 0 Å². The largest absolute Gasteiger partial charge is 0.471 e. The number of hydrogen-bond acceptors (Lipinski definition) is 18. The van der Waals surface area contributed by atoms with E-state index in [0.29, 0.717) is 0 Å². The van der Waals surface area contributed by atoms with Crippen LogP contribution in [0.3, 0.4) is 0 Å². The van der Waals surface area contributed by atoms with Crippen molar-refractivity contribution in [3.63, 3.8) is 0 Å². The third-order valence-corrected chi connectivity index (χ3v) is 7.62. The molecule has 2 fully saturated rings. The fourth-order valence-electron chi connectivity index (χ4n) is 6.05. The lowest BCUT2D eigenvalue weighted by molar-refractivity contribution is -0.354. The summed E-state index contributed by atoms with van der Waals surface area (Å²) < 4.78 is 55.0. The molecule has 0 aromatic heterocycles. The quantitative estimate of drug-likeness (QED) is 0.227. The summed E-state index contributed by atoms with van der Waals surface area (Å²) in [7, 11) is 1.05. The molecule has 0 bridgehead atoms. The van der Waals surface area contributed by atoms with Crippen LogP contribution >= 0.6 is 0 Å². The molecule has 0 unspecified atom stereocenters. The van der Waals surface area contributed by atoms with E-state index in [0.717, 1.165) is 54.9 Å². The first-order valence-electron chi connectivity index (χ1n) is 14.3. The Bertz CT molecular complexity index is 1310. The van der Waals surface area contributed by atoms with E-state index >= 15 is 0 Å². The van der Waals surface area contributed by atoms with Gasteiger partial charge in [-0.2, -0.15) is 0 Å². The van der Waals surface area contributed by atoms with Crippen molar-refractivity contribution >= 4 is 41.8 Å². The number of ether oxygens (including phenoxy) is 10. The molecule has 2 heterocycles. The van der Waals surface area contributed by atoms with Gasteiger partial charge in [0.15, 0.2) is 23.9 Å². The molecule has 262 valence electrons. The number of hydrogen-bond donors (Lipinski definition) is 1. The summed E-state index contributed by atoms with van der Waals surface area (Å²) in [5.74, 6) is -7.70. The highest BCUT2D eigenvalue weighted by atomic mass is 16.8. The third kappa shape index (κ3) is 8.17. The molecular formula is C29H38O18. The molecule has 3 aliphatic rings. The minimum Gasteiger partial charge on any atom is -0.471 e. The first-order chi connectivity index (χ1) is 21.8. The van der Waals surface area contributed by atoms with Crippen LogP contribution in [0.1, 0.15) is 54.9 Å². The van der Waals surface area contributed by atoms with Gasteiger partial charge >= 0.3 is 41.8 Å². The topological polar surface area (TPSA) is 232 Å². The Hall–Kier alpha value is -4.29. The van der Waals surface area contributed by atoms with Gasteiger partial charge in [-0.15, -0.1) is 0 Å². The highest BCUT2D eigenvalue weighted by molar-refractivity contribution is 5.91. The van der Waals surface area contributed by atoms with E-state index in [1.165, 1.54) is 6.92 Å². The lowest BCUT2D eigenvalue weighted by Gasteiger charge is -2.48. The molecule has 18 nitrogen and oxygen atoms in total. The van der Waals surface area contributed by atoms with E-state index in [-0.39, 0.29) is 0 Å². The van der Waals surface area contributed by atoms with Gasteiger partial charge in [0.05, 0.1) is 19.3 Å². The van der Waals surface area contributed by atoms with Gasteiger partial charge in [-0.25, -0.2) is 4.79 Å². The predicted molar refractivity (Wildman–Crippen MR) is 147 cm³/mol. The molecule has 0 amide bonds. The smallest absolute Gasteiger partial charge is 0.339 e. The molecule has 3 rings (SSSR count). The Kier molecular flexibility index (Phi) is 11.6. The van der Waals surface area contributed by atoms with Crippen LogP contribution in [0.25, 0.3) is 0 Å². The van der Waals surface area contributed by atoms with Crippen molar-refractivity contribution in [3.05, 3.63) is 11.8 Å². The van der Waals surface area contributed by atoms with Crippen molar-refractivity contribution in [1.29, 1.82) is 0 Å². The summed E-state index contributed by atoms with van der Waals surface area (Å²) >= 11 is 0. The Labute approximate surface area is 268 Å². The van der Waals surface area contributed by atoms with Gasteiger partial charge in [-0.3, -0.25) is 28.8 Å². The Morgan fingerprint density at radius 1 is 0.787 bits per heavy atom.